The van der Waals surface area contributed by atoms with Crippen molar-refractivity contribution in [1.82, 2.24) is 15.1 Å². The van der Waals surface area contributed by atoms with Crippen LogP contribution < -0.4 is 10.1 Å². The number of piperidine rings is 1. The van der Waals surface area contributed by atoms with E-state index in [1.54, 1.807) is 18.2 Å². The molecule has 28 heavy (non-hydrogen) atoms. The third kappa shape index (κ3) is 4.07. The van der Waals surface area contributed by atoms with Gasteiger partial charge < -0.3 is 25.0 Å². The van der Waals surface area contributed by atoms with Crippen LogP contribution in [0.1, 0.15) is 34.8 Å². The highest BCUT2D eigenvalue weighted by Gasteiger charge is 2.40. The van der Waals surface area contributed by atoms with Gasteiger partial charge in [-0.05, 0) is 26.0 Å². The van der Waals surface area contributed by atoms with Gasteiger partial charge in [-0.2, -0.15) is 5.26 Å². The summed E-state index contributed by atoms with van der Waals surface area (Å²) in [6, 6.07) is 6.25. The van der Waals surface area contributed by atoms with Gasteiger partial charge in [0.15, 0.2) is 0 Å². The molecule has 9 heteroatoms. The summed E-state index contributed by atoms with van der Waals surface area (Å²) in [5, 5.41) is 20.4. The molecule has 1 saturated heterocycles. The monoisotopic (exact) mass is 386 g/mol. The van der Waals surface area contributed by atoms with Gasteiger partial charge in [0, 0.05) is 18.7 Å². The van der Waals surface area contributed by atoms with Crippen molar-refractivity contribution >= 4 is 17.8 Å². The van der Waals surface area contributed by atoms with Gasteiger partial charge in [-0.3, -0.25) is 14.4 Å². The molecule has 0 saturated carbocycles. The lowest BCUT2D eigenvalue weighted by atomic mass is 10.0. The number of benzene rings is 1. The Labute approximate surface area is 162 Å². The lowest BCUT2D eigenvalue weighted by molar-refractivity contribution is -0.138. The molecular weight excluding hydrogens is 364 g/mol. The lowest BCUT2D eigenvalue weighted by Gasteiger charge is -2.29. The second-order valence-corrected chi connectivity index (χ2v) is 6.98. The van der Waals surface area contributed by atoms with E-state index < -0.39 is 36.9 Å². The molecule has 0 radical (unpaired) electrons. The first-order valence-electron chi connectivity index (χ1n) is 9.08. The summed E-state index contributed by atoms with van der Waals surface area (Å²) in [5.74, 6) is -1.86. The topological polar surface area (TPSA) is 123 Å². The number of carboxylic acid groups (broad SMARTS) is 1. The molecule has 2 N–H and O–H groups in total. The number of hydrogen-bond donors (Lipinski definition) is 2. The first-order valence-corrected chi connectivity index (χ1v) is 9.08. The maximum absolute atomic E-state index is 12.9. The van der Waals surface area contributed by atoms with E-state index in [-0.39, 0.29) is 6.10 Å². The van der Waals surface area contributed by atoms with Crippen LogP contribution in [0, 0.1) is 11.3 Å². The smallest absolute Gasteiger partial charge is 0.322 e. The Bertz CT molecular complexity index is 826. The number of likely N-dealkylation sites (tertiary alicyclic amines) is 1. The van der Waals surface area contributed by atoms with Crippen molar-refractivity contribution in [3.63, 3.8) is 0 Å². The summed E-state index contributed by atoms with van der Waals surface area (Å²) in [6.07, 6.45) is 1.68. The van der Waals surface area contributed by atoms with Gasteiger partial charge >= 0.3 is 5.97 Å². The molecule has 9 nitrogen and oxygen atoms in total. The maximum atomic E-state index is 12.9. The van der Waals surface area contributed by atoms with E-state index >= 15 is 0 Å². The molecule has 0 aliphatic carbocycles. The third-order valence-corrected chi connectivity index (χ3v) is 4.97. The van der Waals surface area contributed by atoms with Crippen molar-refractivity contribution in [2.24, 2.45) is 0 Å². The van der Waals surface area contributed by atoms with E-state index in [9.17, 15) is 19.6 Å². The number of carbonyl (C=O) groups is 3. The van der Waals surface area contributed by atoms with Crippen LogP contribution >= 0.6 is 0 Å². The Morgan fingerprint density at radius 2 is 2.07 bits per heavy atom. The molecule has 1 atom stereocenters. The van der Waals surface area contributed by atoms with Crippen LogP contribution in [0.3, 0.4) is 0 Å². The van der Waals surface area contributed by atoms with Gasteiger partial charge in [-0.1, -0.05) is 12.1 Å². The Hall–Kier alpha value is -3.12. The standard InChI is InChI=1S/C19H22N4O5/c1-22-7-5-12(6-8-22)28-15-4-2-3-13-14(9-20)23(19(27)18(13)15)11-16(24)21-10-17(25)26/h2-4,12,14H,5-8,10-11H2,1H3,(H,21,24)(H,25,26). The summed E-state index contributed by atoms with van der Waals surface area (Å²) in [5.41, 5.74) is 0.808. The molecule has 1 fully saturated rings. The van der Waals surface area contributed by atoms with Gasteiger partial charge in [0.1, 0.15) is 31.0 Å². The highest BCUT2D eigenvalue weighted by atomic mass is 16.5. The van der Waals surface area contributed by atoms with Crippen molar-refractivity contribution in [3.05, 3.63) is 29.3 Å². The molecule has 2 aliphatic rings. The minimum atomic E-state index is -1.19. The number of amides is 2. The zero-order valence-corrected chi connectivity index (χ0v) is 15.6. The lowest BCUT2D eigenvalue weighted by Crippen LogP contribution is -2.40. The summed E-state index contributed by atoms with van der Waals surface area (Å²) in [7, 11) is 2.05. The van der Waals surface area contributed by atoms with Crippen molar-refractivity contribution in [2.45, 2.75) is 25.0 Å². The quantitative estimate of drug-likeness (QED) is 0.724. The number of aliphatic carboxylic acids is 1. The minimum Gasteiger partial charge on any atom is -0.489 e. The largest absolute Gasteiger partial charge is 0.489 e. The number of ether oxygens (including phenoxy) is 1. The van der Waals surface area contributed by atoms with Gasteiger partial charge in [-0.15, -0.1) is 0 Å². The van der Waals surface area contributed by atoms with Crippen LogP contribution in [0.15, 0.2) is 18.2 Å². The van der Waals surface area contributed by atoms with Crippen LogP contribution in [-0.2, 0) is 9.59 Å². The highest BCUT2D eigenvalue weighted by Crippen LogP contribution is 2.38. The van der Waals surface area contributed by atoms with Crippen LogP contribution in [0.25, 0.3) is 0 Å². The Balaban J connectivity index is 1.78. The molecule has 148 valence electrons. The van der Waals surface area contributed by atoms with Gasteiger partial charge in [0.05, 0.1) is 11.6 Å². The van der Waals surface area contributed by atoms with Gasteiger partial charge in [0.2, 0.25) is 5.91 Å². The molecule has 0 bridgehead atoms. The number of fused-ring (bicyclic) bond motifs is 1. The maximum Gasteiger partial charge on any atom is 0.322 e. The van der Waals surface area contributed by atoms with E-state index in [4.69, 9.17) is 9.84 Å². The molecule has 2 amide bonds. The van der Waals surface area contributed by atoms with E-state index in [2.05, 4.69) is 16.3 Å². The SMILES string of the molecule is CN1CCC(Oc2cccc3c2C(=O)N(CC(=O)NCC(=O)O)C3C#N)CC1. The van der Waals surface area contributed by atoms with Crippen LogP contribution in [0.2, 0.25) is 0 Å². The van der Waals surface area contributed by atoms with E-state index in [0.717, 1.165) is 30.8 Å². The molecule has 1 aromatic carbocycles. The van der Waals surface area contributed by atoms with Gasteiger partial charge in [0.25, 0.3) is 5.91 Å². The third-order valence-electron chi connectivity index (χ3n) is 4.97. The number of hydrogen-bond acceptors (Lipinski definition) is 6. The average Bonchev–Trinajstić information content (AvgIpc) is 2.94. The number of nitrogens with one attached hydrogen (secondary N) is 1. The number of nitrogens with zero attached hydrogens (tertiary/aromatic N) is 3. The Morgan fingerprint density at radius 1 is 1.36 bits per heavy atom. The van der Waals surface area contributed by atoms with Crippen LogP contribution in [0.4, 0.5) is 0 Å². The fourth-order valence-corrected chi connectivity index (χ4v) is 3.50. The van der Waals surface area contributed by atoms with Crippen LogP contribution in [-0.4, -0.2) is 72.0 Å². The summed E-state index contributed by atoms with van der Waals surface area (Å²) < 4.78 is 6.08. The van der Waals surface area contributed by atoms with Crippen molar-refractivity contribution in [2.75, 3.05) is 33.2 Å². The van der Waals surface area contributed by atoms with E-state index in [0.29, 0.717) is 16.9 Å². The first-order chi connectivity index (χ1) is 13.4. The number of carboxylic acids is 1. The predicted molar refractivity (Wildman–Crippen MR) is 97.6 cm³/mol. The zero-order chi connectivity index (χ0) is 20.3. The average molecular weight is 386 g/mol. The summed E-state index contributed by atoms with van der Waals surface area (Å²) in [6.45, 7) is 0.872. The first kappa shape index (κ1) is 19.6. The van der Waals surface area contributed by atoms with Crippen molar-refractivity contribution in [1.29, 1.82) is 5.26 Å². The fourth-order valence-electron chi connectivity index (χ4n) is 3.50. The summed E-state index contributed by atoms with van der Waals surface area (Å²) in [4.78, 5) is 38.9. The summed E-state index contributed by atoms with van der Waals surface area (Å²) >= 11 is 0. The molecular formula is C19H22N4O5. The normalized spacial score (nSPS) is 19.8. The van der Waals surface area contributed by atoms with Crippen molar-refractivity contribution in [3.8, 4) is 11.8 Å². The van der Waals surface area contributed by atoms with E-state index in [1.165, 1.54) is 0 Å². The zero-order valence-electron chi connectivity index (χ0n) is 15.6. The Morgan fingerprint density at radius 3 is 2.71 bits per heavy atom. The van der Waals surface area contributed by atoms with Crippen LogP contribution in [0.5, 0.6) is 5.75 Å². The number of nitriles is 1. The number of carbonyl (C=O) groups excluding carboxylic acids is 2. The predicted octanol–water partition coefficient (Wildman–Crippen LogP) is 0.381. The fraction of sp³-hybridized carbons (Fsp3) is 0.474. The molecule has 0 aromatic heterocycles. The molecule has 3 rings (SSSR count). The van der Waals surface area contributed by atoms with E-state index in [1.807, 2.05) is 7.05 Å². The van der Waals surface area contributed by atoms with Crippen molar-refractivity contribution < 1.29 is 24.2 Å². The second-order valence-electron chi connectivity index (χ2n) is 6.98. The number of rotatable bonds is 6. The second kappa shape index (κ2) is 8.27. The Kier molecular flexibility index (Phi) is 5.80. The molecule has 1 unspecified atom stereocenters. The molecule has 0 spiro atoms. The van der Waals surface area contributed by atoms with Gasteiger partial charge in [-0.25, -0.2) is 0 Å². The molecule has 1 aromatic rings. The minimum absolute atomic E-state index is 0.0102. The highest BCUT2D eigenvalue weighted by molar-refractivity contribution is 6.04. The molecule has 2 aliphatic heterocycles. The molecule has 2 heterocycles.